The summed E-state index contributed by atoms with van der Waals surface area (Å²) < 4.78 is 29.3. The first-order valence-corrected chi connectivity index (χ1v) is 14.9. The molecule has 3 aromatic rings. The largest absolute Gasteiger partial charge is 0.395 e. The number of sulfonamides is 1. The van der Waals surface area contributed by atoms with Gasteiger partial charge >= 0.3 is 0 Å². The number of fused-ring (bicyclic) bond motifs is 5. The van der Waals surface area contributed by atoms with E-state index < -0.39 is 10.0 Å². The van der Waals surface area contributed by atoms with Gasteiger partial charge in [-0.15, -0.1) is 0 Å². The maximum Gasteiger partial charge on any atom is 0.256 e. The fourth-order valence-electron chi connectivity index (χ4n) is 5.30. The highest BCUT2D eigenvalue weighted by Crippen LogP contribution is 2.39. The Morgan fingerprint density at radius 3 is 1.82 bits per heavy atom. The van der Waals surface area contributed by atoms with E-state index in [1.807, 2.05) is 18.2 Å². The lowest BCUT2D eigenvalue weighted by Gasteiger charge is -2.29. The van der Waals surface area contributed by atoms with E-state index in [0.29, 0.717) is 56.8 Å². The van der Waals surface area contributed by atoms with Crippen LogP contribution in [0.15, 0.2) is 52.2 Å². The molecular formula is C28H38N4O7S. The SMILES string of the molecule is O=c1[nH]c2c(c3ccccc13)Cc1cc(S(=O)(=O)N(CCN(CCO)CCO)CCN(CCO)CCO)ccc1-2. The van der Waals surface area contributed by atoms with Crippen molar-refractivity contribution in [3.05, 3.63) is 63.9 Å². The molecule has 0 aliphatic heterocycles. The third kappa shape index (κ3) is 6.61. The first-order chi connectivity index (χ1) is 19.3. The Kier molecular flexibility index (Phi) is 10.4. The van der Waals surface area contributed by atoms with Gasteiger partial charge in [-0.1, -0.05) is 24.3 Å². The van der Waals surface area contributed by atoms with Gasteiger partial charge in [0.2, 0.25) is 10.0 Å². The van der Waals surface area contributed by atoms with Crippen LogP contribution in [0.2, 0.25) is 0 Å². The molecule has 4 rings (SSSR count). The van der Waals surface area contributed by atoms with Crippen LogP contribution >= 0.6 is 0 Å². The molecule has 0 spiro atoms. The molecule has 0 radical (unpaired) electrons. The number of pyridine rings is 1. The number of aliphatic hydroxyl groups excluding tert-OH is 4. The van der Waals surface area contributed by atoms with Gasteiger partial charge in [-0.05, 0) is 34.7 Å². The highest BCUT2D eigenvalue weighted by atomic mass is 32.2. The van der Waals surface area contributed by atoms with E-state index >= 15 is 0 Å². The van der Waals surface area contributed by atoms with Crippen molar-refractivity contribution in [1.82, 2.24) is 19.1 Å². The summed E-state index contributed by atoms with van der Waals surface area (Å²) in [7, 11) is -3.95. The molecule has 0 saturated carbocycles. The van der Waals surface area contributed by atoms with Crippen molar-refractivity contribution in [3.63, 3.8) is 0 Å². The Morgan fingerprint density at radius 1 is 0.725 bits per heavy atom. The lowest BCUT2D eigenvalue weighted by atomic mass is 10.0. The minimum Gasteiger partial charge on any atom is -0.395 e. The fraction of sp³-hybridized carbons (Fsp3) is 0.464. The molecule has 12 heteroatoms. The second kappa shape index (κ2) is 13.8. The molecule has 1 aliphatic carbocycles. The summed E-state index contributed by atoms with van der Waals surface area (Å²) in [6, 6.07) is 12.3. The van der Waals surface area contributed by atoms with Crippen molar-refractivity contribution in [3.8, 4) is 11.3 Å². The number of H-pyrrole nitrogens is 1. The van der Waals surface area contributed by atoms with Crippen LogP contribution in [0.3, 0.4) is 0 Å². The van der Waals surface area contributed by atoms with Gasteiger partial charge in [0.05, 0.1) is 37.0 Å². The molecule has 0 bridgehead atoms. The van der Waals surface area contributed by atoms with Gasteiger partial charge in [-0.25, -0.2) is 8.42 Å². The number of hydrogen-bond donors (Lipinski definition) is 5. The normalized spacial score (nSPS) is 13.1. The van der Waals surface area contributed by atoms with E-state index in [0.717, 1.165) is 22.1 Å². The Balaban J connectivity index is 1.63. The van der Waals surface area contributed by atoms with Gasteiger partial charge < -0.3 is 25.4 Å². The zero-order valence-electron chi connectivity index (χ0n) is 22.5. The molecule has 2 aromatic carbocycles. The molecule has 40 heavy (non-hydrogen) atoms. The van der Waals surface area contributed by atoms with Crippen LogP contribution in [-0.2, 0) is 16.4 Å². The summed E-state index contributed by atoms with van der Waals surface area (Å²) in [4.78, 5) is 19.4. The Labute approximate surface area is 234 Å². The van der Waals surface area contributed by atoms with Crippen molar-refractivity contribution >= 4 is 20.8 Å². The second-order valence-corrected chi connectivity index (χ2v) is 11.8. The number of rotatable bonds is 16. The average molecular weight is 575 g/mol. The summed E-state index contributed by atoms with van der Waals surface area (Å²) in [6.07, 6.45) is 0.493. The Hall–Kier alpha value is -2.68. The monoisotopic (exact) mass is 574 g/mol. The molecule has 11 nitrogen and oxygen atoms in total. The Bertz CT molecular complexity index is 1430. The van der Waals surface area contributed by atoms with E-state index in [-0.39, 0.29) is 50.0 Å². The zero-order valence-corrected chi connectivity index (χ0v) is 23.3. The topological polar surface area (TPSA) is 158 Å². The standard InChI is InChI=1S/C28H38N4O7S/c33-15-11-30(12-16-34)7-9-32(10-8-31(13-17-35)14-18-36)40(38,39)22-5-6-23-21(19-22)20-26-24-3-1-2-4-25(24)28(37)29-27(23)26/h1-6,19,33-36H,7-18,20H2,(H,29,37). The predicted octanol–water partition coefficient (Wildman–Crippen LogP) is -0.337. The van der Waals surface area contributed by atoms with E-state index in [4.69, 9.17) is 0 Å². The highest BCUT2D eigenvalue weighted by molar-refractivity contribution is 7.89. The minimum atomic E-state index is -3.95. The molecule has 218 valence electrons. The van der Waals surface area contributed by atoms with Crippen LogP contribution in [0.4, 0.5) is 0 Å². The number of aliphatic hydroxyl groups is 4. The van der Waals surface area contributed by atoms with E-state index in [1.54, 1.807) is 34.1 Å². The summed E-state index contributed by atoms with van der Waals surface area (Å²) in [6.45, 7) is 1.63. The molecule has 0 amide bonds. The van der Waals surface area contributed by atoms with Crippen molar-refractivity contribution in [2.75, 3.05) is 78.8 Å². The lowest BCUT2D eigenvalue weighted by molar-refractivity contribution is 0.143. The summed E-state index contributed by atoms with van der Waals surface area (Å²) in [5.74, 6) is 0. The molecule has 0 unspecified atom stereocenters. The van der Waals surface area contributed by atoms with E-state index in [9.17, 15) is 33.6 Å². The summed E-state index contributed by atoms with van der Waals surface area (Å²) in [5.41, 5.74) is 3.11. The van der Waals surface area contributed by atoms with Crippen molar-refractivity contribution in [2.45, 2.75) is 11.3 Å². The van der Waals surface area contributed by atoms with Gasteiger partial charge in [0.1, 0.15) is 0 Å². The fourth-order valence-corrected chi connectivity index (χ4v) is 6.78. The number of aromatic nitrogens is 1. The third-order valence-corrected chi connectivity index (χ3v) is 9.28. The van der Waals surface area contributed by atoms with Crippen LogP contribution in [0.25, 0.3) is 22.0 Å². The lowest BCUT2D eigenvalue weighted by Crippen LogP contribution is -2.44. The van der Waals surface area contributed by atoms with Crippen LogP contribution in [0, 0.1) is 0 Å². The van der Waals surface area contributed by atoms with Gasteiger partial charge in [-0.2, -0.15) is 4.31 Å². The molecule has 0 fully saturated rings. The van der Waals surface area contributed by atoms with E-state index in [2.05, 4.69) is 4.98 Å². The number of benzene rings is 2. The number of hydrogen-bond acceptors (Lipinski definition) is 9. The van der Waals surface area contributed by atoms with Gasteiger partial charge in [0.15, 0.2) is 0 Å². The van der Waals surface area contributed by atoms with Gasteiger partial charge in [0.25, 0.3) is 5.56 Å². The first-order valence-electron chi connectivity index (χ1n) is 13.5. The maximum atomic E-state index is 14.0. The Morgan fingerprint density at radius 2 is 1.27 bits per heavy atom. The molecule has 1 aliphatic rings. The molecule has 1 heterocycles. The minimum absolute atomic E-state index is 0.115. The van der Waals surface area contributed by atoms with E-state index in [1.165, 1.54) is 4.31 Å². The quantitative estimate of drug-likeness (QED) is 0.121. The number of aromatic amines is 1. The smallest absolute Gasteiger partial charge is 0.256 e. The van der Waals surface area contributed by atoms with Crippen molar-refractivity contribution in [2.24, 2.45) is 0 Å². The average Bonchev–Trinajstić information content (AvgIpc) is 3.31. The maximum absolute atomic E-state index is 14.0. The van der Waals surface area contributed by atoms with Gasteiger partial charge in [-0.3, -0.25) is 14.6 Å². The first kappa shape index (κ1) is 30.3. The second-order valence-electron chi connectivity index (χ2n) is 9.83. The number of nitrogens with zero attached hydrogens (tertiary/aromatic N) is 3. The van der Waals surface area contributed by atoms with Crippen molar-refractivity contribution in [1.29, 1.82) is 0 Å². The molecule has 5 N–H and O–H groups in total. The molecule has 0 saturated heterocycles. The van der Waals surface area contributed by atoms with Crippen LogP contribution < -0.4 is 5.56 Å². The highest BCUT2D eigenvalue weighted by Gasteiger charge is 2.29. The number of nitrogens with one attached hydrogen (secondary N) is 1. The summed E-state index contributed by atoms with van der Waals surface area (Å²) in [5, 5.41) is 39.0. The van der Waals surface area contributed by atoms with Crippen molar-refractivity contribution < 1.29 is 28.8 Å². The molecule has 0 atom stereocenters. The van der Waals surface area contributed by atoms with Crippen LogP contribution in [-0.4, -0.2) is 127 Å². The van der Waals surface area contributed by atoms with Crippen LogP contribution in [0.5, 0.6) is 0 Å². The van der Waals surface area contributed by atoms with Gasteiger partial charge in [0, 0.05) is 69.7 Å². The summed E-state index contributed by atoms with van der Waals surface area (Å²) >= 11 is 0. The molecule has 1 aromatic heterocycles. The third-order valence-electron chi connectivity index (χ3n) is 7.38. The predicted molar refractivity (Wildman–Crippen MR) is 153 cm³/mol. The van der Waals surface area contributed by atoms with Crippen LogP contribution in [0.1, 0.15) is 11.1 Å². The molecular weight excluding hydrogens is 536 g/mol. The zero-order chi connectivity index (χ0) is 28.7.